The van der Waals surface area contributed by atoms with Crippen LogP contribution in [0.2, 0.25) is 0 Å². The van der Waals surface area contributed by atoms with E-state index >= 15 is 0 Å². The molecular formula is C12H10N2O2. The van der Waals surface area contributed by atoms with Crippen LogP contribution in [-0.2, 0) is 16.1 Å². The van der Waals surface area contributed by atoms with Crippen molar-refractivity contribution >= 4 is 5.97 Å². The van der Waals surface area contributed by atoms with Gasteiger partial charge in [0.15, 0.2) is 12.1 Å². The number of esters is 1. The molecule has 0 spiro atoms. The highest BCUT2D eigenvalue weighted by Crippen LogP contribution is 2.00. The summed E-state index contributed by atoms with van der Waals surface area (Å²) in [5.74, 6) is -0.390. The third-order valence-electron chi connectivity index (χ3n) is 1.44. The molecule has 1 aromatic carbocycles. The number of rotatable bonds is 3. The van der Waals surface area contributed by atoms with Crippen LogP contribution in [0.1, 0.15) is 5.56 Å². The molecule has 0 saturated carbocycles. The third-order valence-corrected chi connectivity index (χ3v) is 1.44. The number of hydrogen-bond acceptors (Lipinski definition) is 4. The molecule has 0 aliphatic rings. The molecule has 4 nitrogen and oxygen atoms in total. The number of benzene rings is 1. The molecule has 16 heavy (non-hydrogen) atoms. The van der Waals surface area contributed by atoms with Crippen molar-refractivity contribution in [1.82, 2.24) is 0 Å². The molecule has 0 unspecified atom stereocenters. The lowest BCUT2D eigenvalue weighted by Crippen LogP contribution is -1.99. The van der Waals surface area contributed by atoms with Gasteiger partial charge in [0.05, 0.1) is 0 Å². The SMILES string of the molecule is C=CC(=O)OCc1ccccc1.N#CC#N. The van der Waals surface area contributed by atoms with E-state index in [1.165, 1.54) is 12.1 Å². The molecule has 4 heteroatoms. The molecule has 1 aromatic rings. The van der Waals surface area contributed by atoms with Crippen LogP contribution in [0, 0.1) is 22.7 Å². The van der Waals surface area contributed by atoms with E-state index in [-0.39, 0.29) is 5.97 Å². The van der Waals surface area contributed by atoms with Crippen molar-refractivity contribution in [2.75, 3.05) is 0 Å². The number of nitrogens with zero attached hydrogens (tertiary/aromatic N) is 2. The minimum absolute atomic E-state index is 0.311. The summed E-state index contributed by atoms with van der Waals surface area (Å²) in [7, 11) is 0. The monoisotopic (exact) mass is 214 g/mol. The molecule has 0 radical (unpaired) electrons. The van der Waals surface area contributed by atoms with E-state index in [1.54, 1.807) is 0 Å². The number of carbonyl (C=O) groups excluding carboxylic acids is 1. The van der Waals surface area contributed by atoms with E-state index < -0.39 is 0 Å². The Labute approximate surface area is 94.0 Å². The molecule has 0 fully saturated rings. The standard InChI is InChI=1S/C10H10O2.C2N2/c1-2-10(11)12-8-9-6-4-3-5-7-9;3-1-2-4/h2-7H,1,8H2;. The van der Waals surface area contributed by atoms with Gasteiger partial charge < -0.3 is 4.74 Å². The van der Waals surface area contributed by atoms with Crippen LogP contribution in [0.15, 0.2) is 43.0 Å². The van der Waals surface area contributed by atoms with Gasteiger partial charge in [-0.25, -0.2) is 4.79 Å². The second-order valence-electron chi connectivity index (χ2n) is 2.52. The number of ether oxygens (including phenoxy) is 1. The summed E-state index contributed by atoms with van der Waals surface area (Å²) in [6.07, 6.45) is 1.16. The van der Waals surface area contributed by atoms with Gasteiger partial charge in [-0.05, 0) is 5.56 Å². The molecule has 0 atom stereocenters. The zero-order valence-electron chi connectivity index (χ0n) is 8.59. The Balaban J connectivity index is 0.000000487. The van der Waals surface area contributed by atoms with Gasteiger partial charge >= 0.3 is 5.97 Å². The van der Waals surface area contributed by atoms with Gasteiger partial charge in [0.2, 0.25) is 0 Å². The van der Waals surface area contributed by atoms with Crippen LogP contribution in [0.3, 0.4) is 0 Å². The predicted molar refractivity (Wildman–Crippen MR) is 57.7 cm³/mol. The molecular weight excluding hydrogens is 204 g/mol. The summed E-state index contributed by atoms with van der Waals surface area (Å²) >= 11 is 0. The minimum Gasteiger partial charge on any atom is -0.458 e. The average molecular weight is 214 g/mol. The lowest BCUT2D eigenvalue weighted by atomic mass is 10.2. The Morgan fingerprint density at radius 1 is 1.31 bits per heavy atom. The predicted octanol–water partition coefficient (Wildman–Crippen LogP) is 1.95. The third kappa shape index (κ3) is 6.88. The van der Waals surface area contributed by atoms with Gasteiger partial charge in [0.1, 0.15) is 6.61 Å². The van der Waals surface area contributed by atoms with Crippen molar-refractivity contribution < 1.29 is 9.53 Å². The van der Waals surface area contributed by atoms with Crippen LogP contribution in [0.25, 0.3) is 0 Å². The first kappa shape index (κ1) is 13.4. The van der Waals surface area contributed by atoms with Crippen molar-refractivity contribution in [3.63, 3.8) is 0 Å². The molecule has 0 amide bonds. The highest BCUT2D eigenvalue weighted by atomic mass is 16.5. The largest absolute Gasteiger partial charge is 0.458 e. The van der Waals surface area contributed by atoms with Crippen LogP contribution in [0.5, 0.6) is 0 Å². The van der Waals surface area contributed by atoms with Crippen LogP contribution < -0.4 is 0 Å². The summed E-state index contributed by atoms with van der Waals surface area (Å²) in [4.78, 5) is 10.6. The van der Waals surface area contributed by atoms with Crippen molar-refractivity contribution in [3.05, 3.63) is 48.6 Å². The Morgan fingerprint density at radius 3 is 2.31 bits per heavy atom. The maximum Gasteiger partial charge on any atom is 0.330 e. The summed E-state index contributed by atoms with van der Waals surface area (Å²) in [5, 5.41) is 14.5. The zero-order chi connectivity index (χ0) is 12.2. The Hall–Kier alpha value is -2.59. The second-order valence-corrected chi connectivity index (χ2v) is 2.52. The fourth-order valence-corrected chi connectivity index (χ4v) is 0.788. The fraction of sp³-hybridized carbons (Fsp3) is 0.0833. The van der Waals surface area contributed by atoms with Crippen LogP contribution in [-0.4, -0.2) is 5.97 Å². The first-order valence-corrected chi connectivity index (χ1v) is 4.36. The lowest BCUT2D eigenvalue weighted by molar-refractivity contribution is -0.138. The van der Waals surface area contributed by atoms with Gasteiger partial charge in [-0.2, -0.15) is 10.5 Å². The molecule has 0 heterocycles. The summed E-state index contributed by atoms with van der Waals surface area (Å²) < 4.78 is 4.82. The van der Waals surface area contributed by atoms with Gasteiger partial charge in [-0.3, -0.25) is 0 Å². The second kappa shape index (κ2) is 8.98. The van der Waals surface area contributed by atoms with Crippen molar-refractivity contribution in [2.45, 2.75) is 6.61 Å². The Morgan fingerprint density at radius 2 is 1.88 bits per heavy atom. The van der Waals surface area contributed by atoms with Crippen molar-refractivity contribution in [2.24, 2.45) is 0 Å². The first-order valence-electron chi connectivity index (χ1n) is 4.36. The van der Waals surface area contributed by atoms with Crippen LogP contribution in [0.4, 0.5) is 0 Å². The van der Waals surface area contributed by atoms with Crippen molar-refractivity contribution in [3.8, 4) is 12.1 Å². The van der Waals surface area contributed by atoms with Crippen molar-refractivity contribution in [1.29, 1.82) is 10.5 Å². The number of nitriles is 2. The molecule has 0 bridgehead atoms. The molecule has 1 rings (SSSR count). The quantitative estimate of drug-likeness (QED) is 0.569. The number of hydrogen-bond donors (Lipinski definition) is 0. The molecule has 80 valence electrons. The van der Waals surface area contributed by atoms with Gasteiger partial charge in [0.25, 0.3) is 0 Å². The fourth-order valence-electron chi connectivity index (χ4n) is 0.788. The lowest BCUT2D eigenvalue weighted by Gasteiger charge is -2.00. The Kier molecular flexibility index (Phi) is 7.53. The van der Waals surface area contributed by atoms with E-state index in [0.717, 1.165) is 11.6 Å². The van der Waals surface area contributed by atoms with E-state index in [0.29, 0.717) is 6.61 Å². The zero-order valence-corrected chi connectivity index (χ0v) is 8.59. The van der Waals surface area contributed by atoms with E-state index in [2.05, 4.69) is 6.58 Å². The van der Waals surface area contributed by atoms with Gasteiger partial charge in [0, 0.05) is 6.08 Å². The average Bonchev–Trinajstić information content (AvgIpc) is 2.37. The molecule has 0 aliphatic heterocycles. The van der Waals surface area contributed by atoms with E-state index in [1.807, 2.05) is 30.3 Å². The van der Waals surface area contributed by atoms with E-state index in [9.17, 15) is 4.79 Å². The maximum atomic E-state index is 10.6. The molecule has 0 N–H and O–H groups in total. The molecule has 0 aromatic heterocycles. The topological polar surface area (TPSA) is 73.9 Å². The summed E-state index contributed by atoms with van der Waals surface area (Å²) in [5.41, 5.74) is 0.979. The number of carbonyl (C=O) groups is 1. The normalized spacial score (nSPS) is 7.38. The summed E-state index contributed by atoms with van der Waals surface area (Å²) in [6.45, 7) is 3.61. The maximum absolute atomic E-state index is 10.6. The van der Waals surface area contributed by atoms with Gasteiger partial charge in [-0.15, -0.1) is 0 Å². The minimum atomic E-state index is -0.390. The highest BCUT2D eigenvalue weighted by molar-refractivity contribution is 5.81. The highest BCUT2D eigenvalue weighted by Gasteiger charge is 1.95. The van der Waals surface area contributed by atoms with Gasteiger partial charge in [-0.1, -0.05) is 36.9 Å². The van der Waals surface area contributed by atoms with Crippen LogP contribution >= 0.6 is 0 Å². The summed E-state index contributed by atoms with van der Waals surface area (Å²) in [6, 6.07) is 12.0. The molecule has 0 aliphatic carbocycles. The molecule has 0 saturated heterocycles. The first-order chi connectivity index (χ1) is 7.74. The smallest absolute Gasteiger partial charge is 0.330 e. The van der Waals surface area contributed by atoms with E-state index in [4.69, 9.17) is 15.3 Å². The Bertz CT molecular complexity index is 401.